The first-order valence-electron chi connectivity index (χ1n) is 6.38. The molecule has 0 atom stereocenters. The lowest BCUT2D eigenvalue weighted by Gasteiger charge is -2.41. The Kier molecular flexibility index (Phi) is 3.33. The van der Waals surface area contributed by atoms with Crippen molar-refractivity contribution in [3.05, 3.63) is 17.5 Å². The summed E-state index contributed by atoms with van der Waals surface area (Å²) in [5.74, 6) is 1.16. The van der Waals surface area contributed by atoms with Crippen molar-refractivity contribution in [1.29, 1.82) is 0 Å². The average molecular weight is 234 g/mol. The molecule has 0 spiro atoms. The minimum absolute atomic E-state index is 0.0437. The second-order valence-corrected chi connectivity index (χ2v) is 5.38. The molecule has 4 nitrogen and oxygen atoms in total. The van der Waals surface area contributed by atoms with Crippen LogP contribution < -0.4 is 11.1 Å². The summed E-state index contributed by atoms with van der Waals surface area (Å²) in [4.78, 5) is 9.02. The summed E-state index contributed by atoms with van der Waals surface area (Å²) >= 11 is 0. The zero-order valence-electron chi connectivity index (χ0n) is 11.0. The number of aromatic nitrogens is 2. The lowest BCUT2D eigenvalue weighted by molar-refractivity contribution is 0.285. The molecule has 0 radical (unpaired) electrons. The maximum atomic E-state index is 5.83. The lowest BCUT2D eigenvalue weighted by Crippen LogP contribution is -2.51. The van der Waals surface area contributed by atoms with E-state index >= 15 is 0 Å². The van der Waals surface area contributed by atoms with Gasteiger partial charge in [-0.3, -0.25) is 0 Å². The van der Waals surface area contributed by atoms with Gasteiger partial charge in [-0.25, -0.2) is 9.97 Å². The van der Waals surface area contributed by atoms with Crippen molar-refractivity contribution in [2.75, 3.05) is 11.9 Å². The second kappa shape index (κ2) is 4.61. The highest BCUT2D eigenvalue weighted by atomic mass is 15.2. The van der Waals surface area contributed by atoms with Crippen molar-refractivity contribution in [3.8, 4) is 0 Å². The third kappa shape index (κ3) is 2.57. The summed E-state index contributed by atoms with van der Waals surface area (Å²) in [5.41, 5.74) is 7.98. The first-order chi connectivity index (χ1) is 8.04. The number of anilines is 1. The van der Waals surface area contributed by atoms with E-state index in [1.807, 2.05) is 13.0 Å². The second-order valence-electron chi connectivity index (χ2n) is 5.38. The fourth-order valence-corrected chi connectivity index (χ4v) is 2.17. The van der Waals surface area contributed by atoms with Crippen molar-refractivity contribution >= 4 is 5.95 Å². The van der Waals surface area contributed by atoms with E-state index in [1.54, 1.807) is 0 Å². The van der Waals surface area contributed by atoms with Crippen LogP contribution >= 0.6 is 0 Å². The van der Waals surface area contributed by atoms with Gasteiger partial charge < -0.3 is 11.1 Å². The van der Waals surface area contributed by atoms with E-state index in [2.05, 4.69) is 29.1 Å². The Bertz CT molecular complexity index is 391. The van der Waals surface area contributed by atoms with Gasteiger partial charge >= 0.3 is 0 Å². The molecule has 17 heavy (non-hydrogen) atoms. The minimum atomic E-state index is 0.0437. The molecule has 1 fully saturated rings. The summed E-state index contributed by atoms with van der Waals surface area (Å²) in [7, 11) is 0. The van der Waals surface area contributed by atoms with E-state index in [4.69, 9.17) is 5.73 Å². The molecule has 1 aromatic rings. The summed E-state index contributed by atoms with van der Waals surface area (Å²) in [6.45, 7) is 6.96. The van der Waals surface area contributed by atoms with Crippen LogP contribution in [0.4, 0.5) is 5.95 Å². The van der Waals surface area contributed by atoms with Gasteiger partial charge in [0.2, 0.25) is 5.95 Å². The van der Waals surface area contributed by atoms with Crippen LogP contribution in [0.2, 0.25) is 0 Å². The van der Waals surface area contributed by atoms with E-state index in [0.717, 1.165) is 30.2 Å². The summed E-state index contributed by atoms with van der Waals surface area (Å²) in [6, 6.07) is 2.05. The Morgan fingerprint density at radius 2 is 2.12 bits per heavy atom. The van der Waals surface area contributed by atoms with Crippen LogP contribution in [-0.4, -0.2) is 22.1 Å². The molecule has 1 saturated carbocycles. The SMILES string of the molecule is Cc1cc(C(C)C)nc(NC2(CN)CCC2)n1. The Labute approximate surface area is 103 Å². The molecule has 0 amide bonds. The van der Waals surface area contributed by atoms with Gasteiger partial charge in [0.25, 0.3) is 0 Å². The highest BCUT2D eigenvalue weighted by molar-refractivity contribution is 5.34. The summed E-state index contributed by atoms with van der Waals surface area (Å²) in [6.07, 6.45) is 3.49. The predicted molar refractivity (Wildman–Crippen MR) is 70.1 cm³/mol. The summed E-state index contributed by atoms with van der Waals surface area (Å²) < 4.78 is 0. The molecule has 1 aliphatic carbocycles. The molecule has 1 heterocycles. The smallest absolute Gasteiger partial charge is 0.223 e. The molecular weight excluding hydrogens is 212 g/mol. The molecule has 94 valence electrons. The zero-order valence-corrected chi connectivity index (χ0v) is 11.0. The van der Waals surface area contributed by atoms with Crippen LogP contribution in [-0.2, 0) is 0 Å². The first kappa shape index (κ1) is 12.3. The molecule has 0 saturated heterocycles. The molecular formula is C13H22N4. The normalized spacial score (nSPS) is 17.9. The largest absolute Gasteiger partial charge is 0.347 e. The van der Waals surface area contributed by atoms with Crippen molar-refractivity contribution < 1.29 is 0 Å². The van der Waals surface area contributed by atoms with E-state index < -0.39 is 0 Å². The predicted octanol–water partition coefficient (Wildman–Crippen LogP) is 2.20. The van der Waals surface area contributed by atoms with Crippen LogP contribution in [0.5, 0.6) is 0 Å². The third-order valence-corrected chi connectivity index (χ3v) is 3.54. The van der Waals surface area contributed by atoms with Crippen LogP contribution in [0.15, 0.2) is 6.07 Å². The topological polar surface area (TPSA) is 63.8 Å². The number of hydrogen-bond acceptors (Lipinski definition) is 4. The monoisotopic (exact) mass is 234 g/mol. The van der Waals surface area contributed by atoms with E-state index in [1.165, 1.54) is 6.42 Å². The molecule has 2 rings (SSSR count). The molecule has 4 heteroatoms. The van der Waals surface area contributed by atoms with Crippen molar-refractivity contribution in [2.45, 2.75) is 51.5 Å². The number of nitrogens with two attached hydrogens (primary N) is 1. The molecule has 0 aliphatic heterocycles. The van der Waals surface area contributed by atoms with Gasteiger partial charge in [0.05, 0.1) is 5.54 Å². The molecule has 1 aromatic heterocycles. The van der Waals surface area contributed by atoms with Crippen molar-refractivity contribution in [3.63, 3.8) is 0 Å². The number of hydrogen-bond donors (Lipinski definition) is 2. The Hall–Kier alpha value is -1.16. The van der Waals surface area contributed by atoms with Gasteiger partial charge in [-0.15, -0.1) is 0 Å². The van der Waals surface area contributed by atoms with Crippen molar-refractivity contribution in [2.24, 2.45) is 5.73 Å². The summed E-state index contributed by atoms with van der Waals surface area (Å²) in [5, 5.41) is 3.43. The fourth-order valence-electron chi connectivity index (χ4n) is 2.17. The fraction of sp³-hybridized carbons (Fsp3) is 0.692. The highest BCUT2D eigenvalue weighted by Crippen LogP contribution is 2.33. The zero-order chi connectivity index (χ0) is 12.5. The van der Waals surface area contributed by atoms with Gasteiger partial charge in [0.1, 0.15) is 0 Å². The van der Waals surface area contributed by atoms with Gasteiger partial charge in [-0.1, -0.05) is 13.8 Å². The molecule has 0 unspecified atom stereocenters. The number of rotatable bonds is 4. The van der Waals surface area contributed by atoms with Gasteiger partial charge in [0.15, 0.2) is 0 Å². The van der Waals surface area contributed by atoms with Crippen LogP contribution in [0.3, 0.4) is 0 Å². The Morgan fingerprint density at radius 3 is 2.59 bits per heavy atom. The Balaban J connectivity index is 2.20. The van der Waals surface area contributed by atoms with Crippen LogP contribution in [0.1, 0.15) is 50.4 Å². The average Bonchev–Trinajstić information content (AvgIpc) is 2.22. The maximum absolute atomic E-state index is 5.83. The van der Waals surface area contributed by atoms with Crippen molar-refractivity contribution in [1.82, 2.24) is 9.97 Å². The van der Waals surface area contributed by atoms with Crippen LogP contribution in [0, 0.1) is 6.92 Å². The molecule has 3 N–H and O–H groups in total. The molecule has 0 bridgehead atoms. The quantitative estimate of drug-likeness (QED) is 0.838. The number of aryl methyl sites for hydroxylation is 1. The number of nitrogens with one attached hydrogen (secondary N) is 1. The Morgan fingerprint density at radius 1 is 1.41 bits per heavy atom. The third-order valence-electron chi connectivity index (χ3n) is 3.54. The number of nitrogens with zero attached hydrogens (tertiary/aromatic N) is 2. The van der Waals surface area contributed by atoms with E-state index in [0.29, 0.717) is 12.5 Å². The standard InChI is InChI=1S/C13H22N4/c1-9(2)11-7-10(3)15-12(16-11)17-13(8-14)5-4-6-13/h7,9H,4-6,8,14H2,1-3H3,(H,15,16,17). The maximum Gasteiger partial charge on any atom is 0.223 e. The highest BCUT2D eigenvalue weighted by Gasteiger charge is 2.36. The van der Waals surface area contributed by atoms with Gasteiger partial charge in [0, 0.05) is 17.9 Å². The van der Waals surface area contributed by atoms with E-state index in [9.17, 15) is 0 Å². The van der Waals surface area contributed by atoms with Gasteiger partial charge in [-0.2, -0.15) is 0 Å². The molecule has 1 aliphatic rings. The molecule has 0 aromatic carbocycles. The first-order valence-corrected chi connectivity index (χ1v) is 6.38. The minimum Gasteiger partial charge on any atom is -0.347 e. The van der Waals surface area contributed by atoms with Gasteiger partial charge in [-0.05, 0) is 38.2 Å². The van der Waals surface area contributed by atoms with Crippen LogP contribution in [0.25, 0.3) is 0 Å². The lowest BCUT2D eigenvalue weighted by atomic mass is 9.77. The van der Waals surface area contributed by atoms with E-state index in [-0.39, 0.29) is 5.54 Å².